The summed E-state index contributed by atoms with van der Waals surface area (Å²) in [6.45, 7) is 1.43. The van der Waals surface area contributed by atoms with E-state index in [4.69, 9.17) is 10.5 Å². The zero-order chi connectivity index (χ0) is 12.5. The Hall–Kier alpha value is -0.820. The molecule has 0 aromatic rings. The Balaban J connectivity index is 2.06. The first kappa shape index (κ1) is 12.6. The molecule has 0 saturated carbocycles. The molecule has 2 fully saturated rings. The van der Waals surface area contributed by atoms with Gasteiger partial charge in [0, 0.05) is 6.54 Å². The first-order valence-corrected chi connectivity index (χ1v) is 7.67. The number of hydrogen-bond acceptors (Lipinski definition) is 5. The van der Waals surface area contributed by atoms with Crippen molar-refractivity contribution in [3.05, 3.63) is 0 Å². The van der Waals surface area contributed by atoms with Crippen LogP contribution in [0, 0.1) is 0 Å². The lowest BCUT2D eigenvalue weighted by molar-refractivity contribution is 0.0641. The highest BCUT2D eigenvalue weighted by Crippen LogP contribution is 2.33. The van der Waals surface area contributed by atoms with Crippen LogP contribution in [0.1, 0.15) is 19.3 Å². The van der Waals surface area contributed by atoms with Crippen LogP contribution in [0.3, 0.4) is 0 Å². The van der Waals surface area contributed by atoms with Crippen molar-refractivity contribution in [1.82, 2.24) is 4.90 Å². The Kier molecular flexibility index (Phi) is 3.31. The Morgan fingerprint density at radius 1 is 1.47 bits per heavy atom. The Morgan fingerprint density at radius 3 is 2.88 bits per heavy atom. The number of hydrogen-bond donors (Lipinski definition) is 1. The van der Waals surface area contributed by atoms with Crippen LogP contribution in [0.15, 0.2) is 0 Å². The summed E-state index contributed by atoms with van der Waals surface area (Å²) in [5.41, 5.74) is 4.59. The van der Waals surface area contributed by atoms with E-state index in [0.29, 0.717) is 38.9 Å². The molecule has 0 aromatic heterocycles. The summed E-state index contributed by atoms with van der Waals surface area (Å²) >= 11 is 0. The fraction of sp³-hybridized carbons (Fsp3) is 0.900. The molecular weight excluding hydrogens is 244 g/mol. The van der Waals surface area contributed by atoms with Crippen LogP contribution in [-0.2, 0) is 14.6 Å². The van der Waals surface area contributed by atoms with Crippen LogP contribution in [-0.4, -0.2) is 56.2 Å². The van der Waals surface area contributed by atoms with E-state index in [0.717, 1.165) is 0 Å². The van der Waals surface area contributed by atoms with E-state index in [1.165, 1.54) is 0 Å². The largest absolute Gasteiger partial charge is 0.440 e. The van der Waals surface area contributed by atoms with Crippen molar-refractivity contribution in [1.29, 1.82) is 0 Å². The highest BCUT2D eigenvalue weighted by atomic mass is 32.2. The van der Waals surface area contributed by atoms with E-state index in [1.54, 1.807) is 4.90 Å². The zero-order valence-electron chi connectivity index (χ0n) is 9.72. The van der Waals surface area contributed by atoms with Gasteiger partial charge < -0.3 is 15.4 Å². The van der Waals surface area contributed by atoms with E-state index >= 15 is 0 Å². The smallest absolute Gasteiger partial charge is 0.410 e. The minimum absolute atomic E-state index is 0.0368. The lowest BCUT2D eigenvalue weighted by Crippen LogP contribution is -2.45. The predicted octanol–water partition coefficient (Wildman–Crippen LogP) is -0.265. The Bertz CT molecular complexity index is 409. The second kappa shape index (κ2) is 4.45. The normalized spacial score (nSPS) is 31.8. The zero-order valence-corrected chi connectivity index (χ0v) is 10.5. The summed E-state index contributed by atoms with van der Waals surface area (Å²) in [5.74, 6) is 0.167. The molecule has 2 heterocycles. The number of ether oxygens (including phenoxy) is 1. The van der Waals surface area contributed by atoms with Gasteiger partial charge in [0.05, 0.1) is 18.1 Å². The number of sulfone groups is 1. The highest BCUT2D eigenvalue weighted by molar-refractivity contribution is 7.91. The average molecular weight is 262 g/mol. The molecule has 2 aliphatic heterocycles. The number of carbonyl (C=O) groups excluding carboxylic acids is 1. The molecule has 2 aliphatic rings. The van der Waals surface area contributed by atoms with E-state index in [-0.39, 0.29) is 11.5 Å². The summed E-state index contributed by atoms with van der Waals surface area (Å²) < 4.78 is 28.5. The van der Waals surface area contributed by atoms with Gasteiger partial charge in [0.1, 0.15) is 5.60 Å². The van der Waals surface area contributed by atoms with Crippen LogP contribution in [0.5, 0.6) is 0 Å². The molecule has 7 heteroatoms. The van der Waals surface area contributed by atoms with Crippen LogP contribution >= 0.6 is 0 Å². The van der Waals surface area contributed by atoms with Crippen LogP contribution < -0.4 is 5.73 Å². The van der Waals surface area contributed by atoms with Crippen LogP contribution in [0.2, 0.25) is 0 Å². The molecule has 1 amide bonds. The van der Waals surface area contributed by atoms with Crippen molar-refractivity contribution in [3.63, 3.8) is 0 Å². The van der Waals surface area contributed by atoms with E-state index < -0.39 is 21.5 Å². The second-order valence-electron chi connectivity index (χ2n) is 4.81. The van der Waals surface area contributed by atoms with Gasteiger partial charge in [-0.15, -0.1) is 0 Å². The summed E-state index contributed by atoms with van der Waals surface area (Å²) in [6, 6.07) is 0. The lowest BCUT2D eigenvalue weighted by Gasteiger charge is -2.30. The summed E-state index contributed by atoms with van der Waals surface area (Å²) in [5, 5.41) is 0. The molecule has 2 saturated heterocycles. The number of rotatable bonds is 3. The van der Waals surface area contributed by atoms with Gasteiger partial charge in [-0.25, -0.2) is 13.2 Å². The predicted molar refractivity (Wildman–Crippen MR) is 62.3 cm³/mol. The molecule has 0 bridgehead atoms. The SMILES string of the molecule is NCCCN1CC2(CCCS(=O)(=O)C2)OC1=O. The third-order valence-electron chi connectivity index (χ3n) is 3.24. The van der Waals surface area contributed by atoms with Gasteiger partial charge >= 0.3 is 6.09 Å². The summed E-state index contributed by atoms with van der Waals surface area (Å²) in [4.78, 5) is 13.2. The minimum Gasteiger partial charge on any atom is -0.440 e. The molecule has 0 radical (unpaired) electrons. The van der Waals surface area contributed by atoms with Gasteiger partial charge in [0.2, 0.25) is 0 Å². The number of nitrogens with zero attached hydrogens (tertiary/aromatic N) is 1. The molecule has 98 valence electrons. The van der Waals surface area contributed by atoms with Gasteiger partial charge in [0.15, 0.2) is 9.84 Å². The van der Waals surface area contributed by atoms with Gasteiger partial charge in [-0.2, -0.15) is 0 Å². The molecule has 1 spiro atoms. The molecule has 0 aromatic carbocycles. The third-order valence-corrected chi connectivity index (χ3v) is 5.12. The second-order valence-corrected chi connectivity index (χ2v) is 6.99. The maximum atomic E-state index is 11.6. The average Bonchev–Trinajstić information content (AvgIpc) is 2.50. The number of carbonyl (C=O) groups is 1. The van der Waals surface area contributed by atoms with Gasteiger partial charge in [-0.05, 0) is 25.8 Å². The van der Waals surface area contributed by atoms with Gasteiger partial charge in [-0.3, -0.25) is 0 Å². The Morgan fingerprint density at radius 2 is 2.24 bits per heavy atom. The Labute approximate surface area is 101 Å². The third kappa shape index (κ3) is 2.71. The maximum absolute atomic E-state index is 11.6. The molecule has 0 aliphatic carbocycles. The topological polar surface area (TPSA) is 89.7 Å². The standard InChI is InChI=1S/C10H18N2O4S/c11-4-2-5-12-7-10(16-9(12)13)3-1-6-17(14,15)8-10/h1-8,11H2. The van der Waals surface area contributed by atoms with Crippen molar-refractivity contribution in [2.45, 2.75) is 24.9 Å². The fourth-order valence-corrected chi connectivity index (χ4v) is 4.34. The van der Waals surface area contributed by atoms with E-state index in [1.807, 2.05) is 0 Å². The van der Waals surface area contributed by atoms with Crippen LogP contribution in [0.4, 0.5) is 4.79 Å². The summed E-state index contributed by atoms with van der Waals surface area (Å²) in [7, 11) is -3.07. The molecule has 17 heavy (non-hydrogen) atoms. The number of amides is 1. The highest BCUT2D eigenvalue weighted by Gasteiger charge is 2.49. The van der Waals surface area contributed by atoms with Crippen molar-refractivity contribution >= 4 is 15.9 Å². The molecule has 6 nitrogen and oxygen atoms in total. The lowest BCUT2D eigenvalue weighted by atomic mass is 10.00. The molecule has 1 atom stereocenters. The quantitative estimate of drug-likeness (QED) is 0.756. The first-order valence-electron chi connectivity index (χ1n) is 5.85. The maximum Gasteiger partial charge on any atom is 0.410 e. The van der Waals surface area contributed by atoms with E-state index in [9.17, 15) is 13.2 Å². The van der Waals surface area contributed by atoms with Crippen LogP contribution in [0.25, 0.3) is 0 Å². The van der Waals surface area contributed by atoms with E-state index in [2.05, 4.69) is 0 Å². The van der Waals surface area contributed by atoms with Crippen molar-refractivity contribution in [3.8, 4) is 0 Å². The first-order chi connectivity index (χ1) is 7.96. The van der Waals surface area contributed by atoms with Gasteiger partial charge in [0.25, 0.3) is 0 Å². The monoisotopic (exact) mass is 262 g/mol. The minimum atomic E-state index is -3.07. The molecular formula is C10H18N2O4S. The fourth-order valence-electron chi connectivity index (χ4n) is 2.51. The van der Waals surface area contributed by atoms with Crippen molar-refractivity contribution in [2.24, 2.45) is 5.73 Å². The number of nitrogens with two attached hydrogens (primary N) is 1. The van der Waals surface area contributed by atoms with Gasteiger partial charge in [-0.1, -0.05) is 0 Å². The van der Waals surface area contributed by atoms with Crippen molar-refractivity contribution < 1.29 is 17.9 Å². The molecule has 2 N–H and O–H groups in total. The molecule has 2 rings (SSSR count). The molecule has 1 unspecified atom stereocenters. The van der Waals surface area contributed by atoms with Crippen molar-refractivity contribution in [2.75, 3.05) is 31.1 Å². The summed E-state index contributed by atoms with van der Waals surface area (Å²) in [6.07, 6.45) is 1.51.